The van der Waals surface area contributed by atoms with E-state index in [0.717, 1.165) is 35.1 Å². The highest BCUT2D eigenvalue weighted by Crippen LogP contribution is 2.25. The van der Waals surface area contributed by atoms with E-state index in [2.05, 4.69) is 10.1 Å². The Morgan fingerprint density at radius 3 is 2.68 bits per heavy atom. The molecule has 0 spiro atoms. The van der Waals surface area contributed by atoms with Gasteiger partial charge in [0.1, 0.15) is 0 Å². The van der Waals surface area contributed by atoms with Gasteiger partial charge < -0.3 is 4.52 Å². The maximum absolute atomic E-state index is 12.8. The molecule has 1 aliphatic heterocycles. The van der Waals surface area contributed by atoms with Crippen molar-refractivity contribution in [2.75, 3.05) is 13.1 Å². The average Bonchev–Trinajstić information content (AvgIpc) is 3.22. The Morgan fingerprint density at radius 2 is 1.90 bits per heavy atom. The topological polar surface area (TPSA) is 76.3 Å². The van der Waals surface area contributed by atoms with Gasteiger partial charge in [-0.2, -0.15) is 9.29 Å². The number of piperidine rings is 1. The van der Waals surface area contributed by atoms with Gasteiger partial charge in [-0.3, -0.25) is 0 Å². The van der Waals surface area contributed by atoms with Crippen LogP contribution < -0.4 is 0 Å². The van der Waals surface area contributed by atoms with Gasteiger partial charge in [0, 0.05) is 30.5 Å². The van der Waals surface area contributed by atoms with Gasteiger partial charge in [0.15, 0.2) is 0 Å². The lowest BCUT2D eigenvalue weighted by atomic mass is 9.96. The van der Waals surface area contributed by atoms with Gasteiger partial charge in [0.2, 0.25) is 21.7 Å². The fourth-order valence-electron chi connectivity index (χ4n) is 3.87. The van der Waals surface area contributed by atoms with Crippen molar-refractivity contribution < 1.29 is 12.9 Å². The third-order valence-corrected chi connectivity index (χ3v) is 7.20. The van der Waals surface area contributed by atoms with Crippen LogP contribution in [0.3, 0.4) is 0 Å². The first-order valence-corrected chi connectivity index (χ1v) is 12.0. The van der Waals surface area contributed by atoms with Gasteiger partial charge in [-0.05, 0) is 49.8 Å². The second-order valence-corrected chi connectivity index (χ2v) is 9.97. The Hall–Kier alpha value is -2.77. The second-order valence-electron chi connectivity index (χ2n) is 8.16. The molecule has 1 aliphatic rings. The van der Waals surface area contributed by atoms with Crippen LogP contribution in [0.15, 0.2) is 58.5 Å². The van der Waals surface area contributed by atoms with E-state index >= 15 is 0 Å². The summed E-state index contributed by atoms with van der Waals surface area (Å²) in [6.45, 7) is 5.02. The molecule has 1 atom stereocenters. The van der Waals surface area contributed by atoms with E-state index in [4.69, 9.17) is 4.52 Å². The number of rotatable bonds is 6. The number of hydrogen-bond donors (Lipinski definition) is 0. The molecule has 1 unspecified atom stereocenters. The molecule has 0 bridgehead atoms. The highest BCUT2D eigenvalue weighted by molar-refractivity contribution is 7.92. The largest absolute Gasteiger partial charge is 0.339 e. The quantitative estimate of drug-likeness (QED) is 0.563. The van der Waals surface area contributed by atoms with Crippen molar-refractivity contribution in [1.82, 2.24) is 14.4 Å². The lowest BCUT2D eigenvalue weighted by molar-refractivity contribution is 0.248. The van der Waals surface area contributed by atoms with Crippen LogP contribution in [0.5, 0.6) is 0 Å². The first-order chi connectivity index (χ1) is 14.9. The van der Waals surface area contributed by atoms with E-state index in [1.807, 2.05) is 62.4 Å². The Bertz CT molecular complexity index is 1170. The van der Waals surface area contributed by atoms with E-state index in [1.54, 1.807) is 10.4 Å². The van der Waals surface area contributed by atoms with E-state index in [-0.39, 0.29) is 5.92 Å². The minimum atomic E-state index is -3.47. The van der Waals surface area contributed by atoms with Crippen LogP contribution >= 0.6 is 0 Å². The van der Waals surface area contributed by atoms with Crippen LogP contribution in [0, 0.1) is 19.8 Å². The molecule has 162 valence electrons. The molecule has 1 aromatic heterocycles. The Balaban J connectivity index is 1.41. The molecule has 0 saturated carbocycles. The maximum atomic E-state index is 12.8. The second kappa shape index (κ2) is 9.16. The minimum Gasteiger partial charge on any atom is -0.339 e. The Kier molecular flexibility index (Phi) is 6.34. The zero-order valence-electron chi connectivity index (χ0n) is 17.9. The summed E-state index contributed by atoms with van der Waals surface area (Å²) in [6.07, 6.45) is 3.99. The number of nitrogens with zero attached hydrogens (tertiary/aromatic N) is 3. The molecule has 6 nitrogen and oxygen atoms in total. The molecule has 1 fully saturated rings. The summed E-state index contributed by atoms with van der Waals surface area (Å²) < 4.78 is 32.7. The lowest BCUT2D eigenvalue weighted by Crippen LogP contribution is -2.39. The predicted molar refractivity (Wildman–Crippen MR) is 122 cm³/mol. The van der Waals surface area contributed by atoms with Crippen LogP contribution in [0.1, 0.15) is 35.4 Å². The summed E-state index contributed by atoms with van der Waals surface area (Å²) in [5.74, 6) is 1.29. The molecule has 3 aromatic rings. The smallest absolute Gasteiger partial charge is 0.236 e. The molecule has 7 heteroatoms. The van der Waals surface area contributed by atoms with Crippen molar-refractivity contribution in [3.63, 3.8) is 0 Å². The average molecular weight is 438 g/mol. The predicted octanol–water partition coefficient (Wildman–Crippen LogP) is 4.61. The summed E-state index contributed by atoms with van der Waals surface area (Å²) in [7, 11) is -3.47. The van der Waals surface area contributed by atoms with E-state index in [9.17, 15) is 8.42 Å². The molecule has 4 rings (SSSR count). The monoisotopic (exact) mass is 437 g/mol. The highest BCUT2D eigenvalue weighted by atomic mass is 32.2. The minimum absolute atomic E-state index is 0.154. The Morgan fingerprint density at radius 1 is 1.13 bits per heavy atom. The van der Waals surface area contributed by atoms with Crippen molar-refractivity contribution >= 4 is 16.1 Å². The number of benzene rings is 2. The van der Waals surface area contributed by atoms with E-state index in [1.165, 1.54) is 5.41 Å². The van der Waals surface area contributed by atoms with Crippen molar-refractivity contribution in [3.05, 3.63) is 76.5 Å². The highest BCUT2D eigenvalue weighted by Gasteiger charge is 2.28. The van der Waals surface area contributed by atoms with Gasteiger partial charge in [0.05, 0.1) is 0 Å². The number of hydrogen-bond acceptors (Lipinski definition) is 5. The summed E-state index contributed by atoms with van der Waals surface area (Å²) in [6, 6.07) is 15.7. The molecule has 0 radical (unpaired) electrons. The first kappa shape index (κ1) is 21.5. The summed E-state index contributed by atoms with van der Waals surface area (Å²) >= 11 is 0. The number of aryl methyl sites for hydroxylation is 2. The third kappa shape index (κ3) is 5.29. The van der Waals surface area contributed by atoms with Crippen LogP contribution in [0.2, 0.25) is 0 Å². The van der Waals surface area contributed by atoms with Crippen molar-refractivity contribution in [1.29, 1.82) is 0 Å². The van der Waals surface area contributed by atoms with Crippen LogP contribution in [-0.2, 0) is 16.4 Å². The summed E-state index contributed by atoms with van der Waals surface area (Å²) in [5, 5.41) is 5.43. The van der Waals surface area contributed by atoms with Crippen LogP contribution in [-0.4, -0.2) is 36.0 Å². The summed E-state index contributed by atoms with van der Waals surface area (Å²) in [4.78, 5) is 4.55. The lowest BCUT2D eigenvalue weighted by Gasteiger charge is -2.30. The molecule has 1 saturated heterocycles. The van der Waals surface area contributed by atoms with Crippen LogP contribution in [0.4, 0.5) is 0 Å². The Labute approximate surface area is 183 Å². The van der Waals surface area contributed by atoms with Gasteiger partial charge >= 0.3 is 0 Å². The summed E-state index contributed by atoms with van der Waals surface area (Å²) in [5.41, 5.74) is 4.06. The molecule has 31 heavy (non-hydrogen) atoms. The van der Waals surface area contributed by atoms with E-state index < -0.39 is 10.0 Å². The van der Waals surface area contributed by atoms with Crippen molar-refractivity contribution in [2.24, 2.45) is 5.92 Å². The molecular weight excluding hydrogens is 410 g/mol. The SMILES string of the molecule is Cc1ccc(/C=C/S(=O)(=O)N2CCCC(Cc3nc(-c4ccccc4C)no3)C2)cc1. The first-order valence-electron chi connectivity index (χ1n) is 10.5. The number of sulfonamides is 1. The van der Waals surface area contributed by atoms with Gasteiger partial charge in [0.25, 0.3) is 0 Å². The molecule has 0 N–H and O–H groups in total. The normalized spacial score (nSPS) is 17.9. The zero-order chi connectivity index (χ0) is 21.8. The maximum Gasteiger partial charge on any atom is 0.236 e. The molecular formula is C24H27N3O3S. The zero-order valence-corrected chi connectivity index (χ0v) is 18.7. The van der Waals surface area contributed by atoms with Crippen LogP contribution in [0.25, 0.3) is 17.5 Å². The van der Waals surface area contributed by atoms with Gasteiger partial charge in [-0.25, -0.2) is 8.42 Å². The molecule has 0 aliphatic carbocycles. The number of aromatic nitrogens is 2. The fourth-order valence-corrected chi connectivity index (χ4v) is 5.17. The fraction of sp³-hybridized carbons (Fsp3) is 0.333. The molecule has 0 amide bonds. The van der Waals surface area contributed by atoms with Gasteiger partial charge in [-0.15, -0.1) is 0 Å². The third-order valence-electron chi connectivity index (χ3n) is 5.67. The standard InChI is InChI=1S/C24H27N3O3S/c1-18-9-11-20(12-10-18)13-15-31(28,29)27-14-5-7-21(17-27)16-23-25-24(26-30-23)22-8-4-3-6-19(22)2/h3-4,6,8-13,15,21H,5,7,14,16-17H2,1-2H3/b15-13+. The van der Waals surface area contributed by atoms with Crippen molar-refractivity contribution in [2.45, 2.75) is 33.1 Å². The van der Waals surface area contributed by atoms with Crippen molar-refractivity contribution in [3.8, 4) is 11.4 Å². The van der Waals surface area contributed by atoms with Gasteiger partial charge in [-0.1, -0.05) is 59.3 Å². The molecule has 2 aromatic carbocycles. The van der Waals surface area contributed by atoms with E-state index in [0.29, 0.717) is 31.2 Å². The molecule has 2 heterocycles.